The van der Waals surface area contributed by atoms with Gasteiger partial charge in [0.15, 0.2) is 0 Å². The molecule has 0 aromatic heterocycles. The van der Waals surface area contributed by atoms with Crippen LogP contribution in [0.5, 0.6) is 5.75 Å². The molecule has 2 aromatic rings. The third kappa shape index (κ3) is 6.51. The summed E-state index contributed by atoms with van der Waals surface area (Å²) in [5.41, 5.74) is 3.19. The molecule has 0 spiro atoms. The van der Waals surface area contributed by atoms with E-state index in [1.54, 1.807) is 12.1 Å². The molecule has 182 valence electrons. The van der Waals surface area contributed by atoms with Crippen molar-refractivity contribution in [2.75, 3.05) is 57.3 Å². The molecule has 0 saturated carbocycles. The lowest BCUT2D eigenvalue weighted by molar-refractivity contribution is -0.124. The van der Waals surface area contributed by atoms with Gasteiger partial charge >= 0.3 is 6.61 Å². The molecule has 2 amide bonds. The number of hydrogen-bond donors (Lipinski definition) is 1. The summed E-state index contributed by atoms with van der Waals surface area (Å²) >= 11 is 0. The number of hydrogen-bond acceptors (Lipinski definition) is 5. The Labute approximate surface area is 198 Å². The Bertz CT molecular complexity index is 978. The van der Waals surface area contributed by atoms with Crippen LogP contribution in [0.3, 0.4) is 0 Å². The molecular formula is C25H30F2N4O3. The number of carbonyl (C=O) groups is 2. The Hall–Kier alpha value is -3.04. The van der Waals surface area contributed by atoms with Crippen LogP contribution in [0.1, 0.15) is 11.1 Å². The van der Waals surface area contributed by atoms with Crippen molar-refractivity contribution in [1.29, 1.82) is 0 Å². The van der Waals surface area contributed by atoms with E-state index in [1.165, 1.54) is 17.7 Å². The number of nitrogens with zero attached hydrogens (tertiary/aromatic N) is 3. The summed E-state index contributed by atoms with van der Waals surface area (Å²) in [6, 6.07) is 14.5. The number of alkyl halides is 2. The first kappa shape index (κ1) is 24.1. The number of anilines is 1. The van der Waals surface area contributed by atoms with Crippen LogP contribution in [0.15, 0.2) is 48.5 Å². The number of rotatable bonds is 9. The third-order valence-corrected chi connectivity index (χ3v) is 6.26. The third-order valence-electron chi connectivity index (χ3n) is 6.26. The molecule has 0 aliphatic carbocycles. The number of benzene rings is 2. The maximum Gasteiger partial charge on any atom is 0.387 e. The van der Waals surface area contributed by atoms with Crippen LogP contribution in [0.2, 0.25) is 0 Å². The molecule has 1 fully saturated rings. The standard InChI is InChI=1S/C25H30F2N4O3/c26-25(27)34-21-7-5-19(6-8-21)9-11-28-23(32)17-29-13-15-30(16-14-29)18-24(33)31-12-10-20-3-1-2-4-22(20)31/h1-8,25H,9-18H2,(H,28,32). The smallest absolute Gasteiger partial charge is 0.387 e. The van der Waals surface area contributed by atoms with Crippen molar-refractivity contribution in [3.8, 4) is 5.75 Å². The summed E-state index contributed by atoms with van der Waals surface area (Å²) in [6.07, 6.45) is 1.51. The number of piperazine rings is 1. The van der Waals surface area contributed by atoms with E-state index in [0.29, 0.717) is 26.1 Å². The van der Waals surface area contributed by atoms with Gasteiger partial charge < -0.3 is 15.0 Å². The molecular weight excluding hydrogens is 442 g/mol. The second-order valence-electron chi connectivity index (χ2n) is 8.60. The Kier molecular flexibility index (Phi) is 8.08. The lowest BCUT2D eigenvalue weighted by atomic mass is 10.1. The van der Waals surface area contributed by atoms with E-state index in [2.05, 4.69) is 25.9 Å². The zero-order valence-electron chi connectivity index (χ0n) is 19.1. The summed E-state index contributed by atoms with van der Waals surface area (Å²) in [4.78, 5) is 31.2. The first-order chi connectivity index (χ1) is 16.5. The topological polar surface area (TPSA) is 65.1 Å². The monoisotopic (exact) mass is 472 g/mol. The van der Waals surface area contributed by atoms with Crippen molar-refractivity contribution < 1.29 is 23.1 Å². The highest BCUT2D eigenvalue weighted by atomic mass is 19.3. The quantitative estimate of drug-likeness (QED) is 0.606. The van der Waals surface area contributed by atoms with Gasteiger partial charge in [-0.3, -0.25) is 19.4 Å². The fourth-order valence-corrected chi connectivity index (χ4v) is 4.42. The molecule has 0 bridgehead atoms. The van der Waals surface area contributed by atoms with Gasteiger partial charge in [0.05, 0.1) is 13.1 Å². The maximum atomic E-state index is 12.8. The zero-order chi connectivity index (χ0) is 23.9. The lowest BCUT2D eigenvalue weighted by Gasteiger charge is -2.34. The van der Waals surface area contributed by atoms with Crippen LogP contribution >= 0.6 is 0 Å². The number of para-hydroxylation sites is 1. The number of ether oxygens (including phenoxy) is 1. The molecule has 2 aliphatic rings. The molecule has 34 heavy (non-hydrogen) atoms. The minimum Gasteiger partial charge on any atom is -0.435 e. The fraction of sp³-hybridized carbons (Fsp3) is 0.440. The normalized spacial score (nSPS) is 16.5. The number of fused-ring (bicyclic) bond motifs is 1. The largest absolute Gasteiger partial charge is 0.435 e. The molecule has 7 nitrogen and oxygen atoms in total. The van der Waals surface area contributed by atoms with Crippen LogP contribution in [-0.2, 0) is 22.4 Å². The number of amides is 2. The highest BCUT2D eigenvalue weighted by Gasteiger charge is 2.27. The summed E-state index contributed by atoms with van der Waals surface area (Å²) < 4.78 is 28.7. The van der Waals surface area contributed by atoms with Gasteiger partial charge in [0.25, 0.3) is 0 Å². The average Bonchev–Trinajstić information content (AvgIpc) is 3.26. The van der Waals surface area contributed by atoms with Gasteiger partial charge in [-0.25, -0.2) is 0 Å². The van der Waals surface area contributed by atoms with E-state index >= 15 is 0 Å². The Morgan fingerprint density at radius 3 is 2.29 bits per heavy atom. The minimum atomic E-state index is -2.84. The summed E-state index contributed by atoms with van der Waals surface area (Å²) in [6.45, 7) is 2.08. The predicted octanol–water partition coefficient (Wildman–Crippen LogP) is 2.15. The van der Waals surface area contributed by atoms with Gasteiger partial charge in [-0.15, -0.1) is 0 Å². The Morgan fingerprint density at radius 1 is 0.912 bits per heavy atom. The van der Waals surface area contributed by atoms with Crippen molar-refractivity contribution in [1.82, 2.24) is 15.1 Å². The van der Waals surface area contributed by atoms with E-state index in [9.17, 15) is 18.4 Å². The van der Waals surface area contributed by atoms with E-state index in [-0.39, 0.29) is 17.6 Å². The van der Waals surface area contributed by atoms with Crippen LogP contribution in [0.4, 0.5) is 14.5 Å². The fourth-order valence-electron chi connectivity index (χ4n) is 4.42. The second kappa shape index (κ2) is 11.4. The van der Waals surface area contributed by atoms with Crippen molar-refractivity contribution in [3.63, 3.8) is 0 Å². The van der Waals surface area contributed by atoms with Gasteiger partial charge in [0.1, 0.15) is 5.75 Å². The van der Waals surface area contributed by atoms with Crippen molar-refractivity contribution in [3.05, 3.63) is 59.7 Å². The van der Waals surface area contributed by atoms with Gasteiger partial charge in [0.2, 0.25) is 11.8 Å². The summed E-state index contributed by atoms with van der Waals surface area (Å²) in [5.74, 6) is 0.203. The van der Waals surface area contributed by atoms with Crippen molar-refractivity contribution >= 4 is 17.5 Å². The number of halogens is 2. The first-order valence-corrected chi connectivity index (χ1v) is 11.6. The molecule has 2 heterocycles. The highest BCUT2D eigenvalue weighted by Crippen LogP contribution is 2.27. The van der Waals surface area contributed by atoms with Crippen LogP contribution in [0, 0.1) is 0 Å². The van der Waals surface area contributed by atoms with Gasteiger partial charge in [-0.1, -0.05) is 30.3 Å². The molecule has 0 radical (unpaired) electrons. The van der Waals surface area contributed by atoms with Crippen LogP contribution < -0.4 is 15.0 Å². The first-order valence-electron chi connectivity index (χ1n) is 11.6. The van der Waals surface area contributed by atoms with Gasteiger partial charge in [0, 0.05) is 45.0 Å². The Balaban J connectivity index is 1.12. The molecule has 1 N–H and O–H groups in total. The van der Waals surface area contributed by atoms with Gasteiger partial charge in [-0.2, -0.15) is 8.78 Å². The predicted molar refractivity (Wildman–Crippen MR) is 125 cm³/mol. The number of nitrogens with one attached hydrogen (secondary N) is 1. The van der Waals surface area contributed by atoms with Gasteiger partial charge in [-0.05, 0) is 42.2 Å². The van der Waals surface area contributed by atoms with Crippen LogP contribution in [-0.4, -0.2) is 80.6 Å². The van der Waals surface area contributed by atoms with Crippen molar-refractivity contribution in [2.24, 2.45) is 0 Å². The molecule has 2 aliphatic heterocycles. The Morgan fingerprint density at radius 2 is 1.59 bits per heavy atom. The van der Waals surface area contributed by atoms with Crippen molar-refractivity contribution in [2.45, 2.75) is 19.5 Å². The van der Waals surface area contributed by atoms with E-state index in [4.69, 9.17) is 0 Å². The molecule has 1 saturated heterocycles. The number of carbonyl (C=O) groups excluding carboxylic acids is 2. The van der Waals surface area contributed by atoms with Crippen LogP contribution in [0.25, 0.3) is 0 Å². The lowest BCUT2D eigenvalue weighted by Crippen LogP contribution is -2.52. The minimum absolute atomic E-state index is 0.0455. The van der Waals surface area contributed by atoms with E-state index in [1.807, 2.05) is 23.1 Å². The average molecular weight is 473 g/mol. The molecule has 0 atom stereocenters. The zero-order valence-corrected chi connectivity index (χ0v) is 19.1. The van der Waals surface area contributed by atoms with E-state index in [0.717, 1.165) is 50.4 Å². The summed E-state index contributed by atoms with van der Waals surface area (Å²) in [5, 5.41) is 2.91. The van der Waals surface area contributed by atoms with E-state index < -0.39 is 6.61 Å². The molecule has 9 heteroatoms. The molecule has 0 unspecified atom stereocenters. The highest BCUT2D eigenvalue weighted by molar-refractivity contribution is 5.96. The maximum absolute atomic E-state index is 12.8. The molecule has 2 aromatic carbocycles. The SMILES string of the molecule is O=C(CN1CCN(CC(=O)N2CCc3ccccc32)CC1)NCCc1ccc(OC(F)F)cc1. The summed E-state index contributed by atoms with van der Waals surface area (Å²) in [7, 11) is 0. The second-order valence-corrected chi connectivity index (χ2v) is 8.60. The molecule has 4 rings (SSSR count).